The number of nitrogens with zero attached hydrogens (tertiary/aromatic N) is 2. The summed E-state index contributed by atoms with van der Waals surface area (Å²) < 4.78 is 28.7. The van der Waals surface area contributed by atoms with Crippen molar-refractivity contribution in [1.82, 2.24) is 13.9 Å². The van der Waals surface area contributed by atoms with Crippen molar-refractivity contribution in [3.05, 3.63) is 0 Å². The van der Waals surface area contributed by atoms with Crippen LogP contribution in [0.5, 0.6) is 0 Å². The van der Waals surface area contributed by atoms with Crippen molar-refractivity contribution in [3.8, 4) is 0 Å². The van der Waals surface area contributed by atoms with E-state index in [1.54, 1.807) is 0 Å². The Hall–Kier alpha value is -0.210. The van der Waals surface area contributed by atoms with Gasteiger partial charge in [0.2, 0.25) is 0 Å². The lowest BCUT2D eigenvalue weighted by molar-refractivity contribution is 0.251. The molecule has 1 saturated heterocycles. The molecule has 0 amide bonds. The number of nitrogens with one attached hydrogen (secondary N) is 1. The summed E-state index contributed by atoms with van der Waals surface area (Å²) in [5, 5.41) is 0. The summed E-state index contributed by atoms with van der Waals surface area (Å²) in [6.07, 6.45) is 2.99. The lowest BCUT2D eigenvalue weighted by atomic mass is 10.0. The molecule has 0 radical (unpaired) electrons. The highest BCUT2D eigenvalue weighted by Gasteiger charge is 2.27. The van der Waals surface area contributed by atoms with E-state index in [9.17, 15) is 8.42 Å². The zero-order valence-electron chi connectivity index (χ0n) is 13.0. The van der Waals surface area contributed by atoms with Gasteiger partial charge in [0.05, 0.1) is 0 Å². The third-order valence-corrected chi connectivity index (χ3v) is 5.83. The Kier molecular flexibility index (Phi) is 7.39. The number of hydrogen-bond donors (Lipinski definition) is 2. The Morgan fingerprint density at radius 3 is 2.80 bits per heavy atom. The molecule has 7 heteroatoms. The highest BCUT2D eigenvalue weighted by molar-refractivity contribution is 7.87. The lowest BCUT2D eigenvalue weighted by Gasteiger charge is -2.31. The molecule has 120 valence electrons. The molecule has 2 unspecified atom stereocenters. The van der Waals surface area contributed by atoms with Crippen LogP contribution in [0.1, 0.15) is 33.1 Å². The Morgan fingerprint density at radius 1 is 1.50 bits per heavy atom. The molecule has 1 rings (SSSR count). The second-order valence-electron chi connectivity index (χ2n) is 5.74. The average molecular weight is 306 g/mol. The molecule has 0 aromatic rings. The first-order valence-electron chi connectivity index (χ1n) is 7.55. The zero-order chi connectivity index (χ0) is 15.2. The van der Waals surface area contributed by atoms with Crippen LogP contribution in [0, 0.1) is 5.92 Å². The standard InChI is InChI=1S/C13H30N4O2S/c1-4-12(2)16(3)9-7-15-20(18,19)17-8-5-6-13(10-14)11-17/h12-13,15H,4-11,14H2,1-3H3. The van der Waals surface area contributed by atoms with Gasteiger partial charge in [0.1, 0.15) is 0 Å². The number of likely N-dealkylation sites (N-methyl/N-ethyl adjacent to an activating group) is 1. The highest BCUT2D eigenvalue weighted by atomic mass is 32.2. The molecule has 0 aromatic carbocycles. The van der Waals surface area contributed by atoms with E-state index in [2.05, 4.69) is 23.5 Å². The van der Waals surface area contributed by atoms with E-state index in [-0.39, 0.29) is 0 Å². The van der Waals surface area contributed by atoms with Crippen LogP contribution in [-0.4, -0.2) is 63.4 Å². The molecule has 3 N–H and O–H groups in total. The third kappa shape index (κ3) is 5.29. The maximum Gasteiger partial charge on any atom is 0.279 e. The summed E-state index contributed by atoms with van der Waals surface area (Å²) in [6.45, 7) is 7.16. The van der Waals surface area contributed by atoms with Crippen LogP contribution >= 0.6 is 0 Å². The van der Waals surface area contributed by atoms with Crippen LogP contribution < -0.4 is 10.5 Å². The van der Waals surface area contributed by atoms with Gasteiger partial charge in [-0.15, -0.1) is 0 Å². The van der Waals surface area contributed by atoms with Crippen molar-refractivity contribution < 1.29 is 8.42 Å². The van der Waals surface area contributed by atoms with E-state index >= 15 is 0 Å². The fourth-order valence-electron chi connectivity index (χ4n) is 2.41. The van der Waals surface area contributed by atoms with E-state index in [4.69, 9.17) is 5.73 Å². The fourth-order valence-corrected chi connectivity index (χ4v) is 3.72. The van der Waals surface area contributed by atoms with Crippen LogP contribution in [0.25, 0.3) is 0 Å². The first kappa shape index (κ1) is 17.8. The molecule has 2 atom stereocenters. The van der Waals surface area contributed by atoms with Gasteiger partial charge in [0.25, 0.3) is 10.2 Å². The average Bonchev–Trinajstić information content (AvgIpc) is 2.46. The van der Waals surface area contributed by atoms with Crippen molar-refractivity contribution in [3.63, 3.8) is 0 Å². The number of hydrogen-bond acceptors (Lipinski definition) is 4. The second-order valence-corrected chi connectivity index (χ2v) is 7.49. The molecule has 0 saturated carbocycles. The number of rotatable bonds is 8. The molecule has 0 aromatic heterocycles. The molecule has 0 bridgehead atoms. The first-order chi connectivity index (χ1) is 9.40. The highest BCUT2D eigenvalue weighted by Crippen LogP contribution is 2.17. The molecule has 1 aliphatic rings. The summed E-state index contributed by atoms with van der Waals surface area (Å²) >= 11 is 0. The van der Waals surface area contributed by atoms with E-state index in [0.29, 0.717) is 38.1 Å². The molecule has 1 heterocycles. The fraction of sp³-hybridized carbons (Fsp3) is 1.00. The van der Waals surface area contributed by atoms with E-state index < -0.39 is 10.2 Å². The Labute approximate surface area is 123 Å². The van der Waals surface area contributed by atoms with Crippen molar-refractivity contribution in [2.75, 3.05) is 39.8 Å². The predicted molar refractivity (Wildman–Crippen MR) is 82.7 cm³/mol. The zero-order valence-corrected chi connectivity index (χ0v) is 13.8. The predicted octanol–water partition coefficient (Wildman–Crippen LogP) is 0.222. The van der Waals surface area contributed by atoms with Gasteiger partial charge in [-0.2, -0.15) is 12.7 Å². The van der Waals surface area contributed by atoms with Crippen molar-refractivity contribution in [2.24, 2.45) is 11.7 Å². The van der Waals surface area contributed by atoms with Gasteiger partial charge >= 0.3 is 0 Å². The van der Waals surface area contributed by atoms with Gasteiger partial charge in [-0.25, -0.2) is 4.72 Å². The van der Waals surface area contributed by atoms with Crippen molar-refractivity contribution >= 4 is 10.2 Å². The summed E-state index contributed by atoms with van der Waals surface area (Å²) in [5.74, 6) is 0.295. The SMILES string of the molecule is CCC(C)N(C)CCNS(=O)(=O)N1CCCC(CN)C1. The van der Waals surface area contributed by atoms with E-state index in [1.807, 2.05) is 7.05 Å². The Balaban J connectivity index is 2.41. The molecular weight excluding hydrogens is 276 g/mol. The maximum atomic E-state index is 12.2. The van der Waals surface area contributed by atoms with E-state index in [1.165, 1.54) is 4.31 Å². The number of piperidine rings is 1. The summed E-state index contributed by atoms with van der Waals surface area (Å²) in [7, 11) is -1.33. The molecule has 0 spiro atoms. The van der Waals surface area contributed by atoms with E-state index in [0.717, 1.165) is 25.8 Å². The van der Waals surface area contributed by atoms with Gasteiger partial charge in [-0.3, -0.25) is 0 Å². The van der Waals surface area contributed by atoms with Crippen LogP contribution in [-0.2, 0) is 10.2 Å². The van der Waals surface area contributed by atoms with Crippen molar-refractivity contribution in [2.45, 2.75) is 39.2 Å². The third-order valence-electron chi connectivity index (χ3n) is 4.25. The molecular formula is C13H30N4O2S. The first-order valence-corrected chi connectivity index (χ1v) is 8.99. The molecule has 20 heavy (non-hydrogen) atoms. The van der Waals surface area contributed by atoms with Crippen LogP contribution in [0.4, 0.5) is 0 Å². The van der Waals surface area contributed by atoms with Gasteiger partial charge in [0, 0.05) is 32.2 Å². The Morgan fingerprint density at radius 2 is 2.20 bits per heavy atom. The normalized spacial score (nSPS) is 23.1. The molecule has 0 aliphatic carbocycles. The molecule has 6 nitrogen and oxygen atoms in total. The maximum absolute atomic E-state index is 12.2. The smallest absolute Gasteiger partial charge is 0.279 e. The minimum Gasteiger partial charge on any atom is -0.330 e. The summed E-state index contributed by atoms with van der Waals surface area (Å²) in [4.78, 5) is 2.17. The largest absolute Gasteiger partial charge is 0.330 e. The quantitative estimate of drug-likeness (QED) is 0.672. The van der Waals surface area contributed by atoms with Crippen LogP contribution in [0.15, 0.2) is 0 Å². The van der Waals surface area contributed by atoms with Gasteiger partial charge in [-0.1, -0.05) is 6.92 Å². The summed E-state index contributed by atoms with van der Waals surface area (Å²) in [5.41, 5.74) is 5.65. The molecule has 1 fully saturated rings. The van der Waals surface area contributed by atoms with Gasteiger partial charge in [0.15, 0.2) is 0 Å². The van der Waals surface area contributed by atoms with Crippen LogP contribution in [0.3, 0.4) is 0 Å². The monoisotopic (exact) mass is 306 g/mol. The Bertz CT molecular complexity index is 375. The summed E-state index contributed by atoms with van der Waals surface area (Å²) in [6, 6.07) is 0.469. The lowest BCUT2D eigenvalue weighted by Crippen LogP contribution is -2.48. The van der Waals surface area contributed by atoms with Gasteiger partial charge < -0.3 is 10.6 Å². The minimum atomic E-state index is -3.35. The van der Waals surface area contributed by atoms with Gasteiger partial charge in [-0.05, 0) is 45.7 Å². The molecule has 1 aliphatic heterocycles. The minimum absolute atomic E-state index is 0.295. The van der Waals surface area contributed by atoms with Crippen molar-refractivity contribution in [1.29, 1.82) is 0 Å². The second kappa shape index (κ2) is 8.29. The number of nitrogens with two attached hydrogens (primary N) is 1. The topological polar surface area (TPSA) is 78.7 Å². The van der Waals surface area contributed by atoms with Crippen LogP contribution in [0.2, 0.25) is 0 Å².